The fraction of sp³-hybridized carbons (Fsp3) is 0.929. The molecule has 1 atom stereocenters. The van der Waals surface area contributed by atoms with Crippen LogP contribution in [-0.4, -0.2) is 37.1 Å². The van der Waals surface area contributed by atoms with Crippen LogP contribution in [0.15, 0.2) is 4.99 Å². The summed E-state index contributed by atoms with van der Waals surface area (Å²) in [5.41, 5.74) is 0.429. The van der Waals surface area contributed by atoms with E-state index < -0.39 is 0 Å². The van der Waals surface area contributed by atoms with E-state index in [0.717, 1.165) is 12.5 Å². The van der Waals surface area contributed by atoms with E-state index in [2.05, 4.69) is 36.4 Å². The number of nitrogens with zero attached hydrogens (tertiary/aromatic N) is 1. The lowest BCUT2D eigenvalue weighted by Gasteiger charge is -2.25. The predicted octanol–water partition coefficient (Wildman–Crippen LogP) is 2.87. The molecule has 2 N–H and O–H groups in total. The van der Waals surface area contributed by atoms with Gasteiger partial charge in [-0.05, 0) is 36.9 Å². The van der Waals surface area contributed by atoms with E-state index >= 15 is 0 Å². The monoisotopic (exact) mass is 271 g/mol. The number of rotatable bonds is 4. The third-order valence-corrected chi connectivity index (χ3v) is 4.34. The molecule has 1 unspecified atom stereocenters. The van der Waals surface area contributed by atoms with Gasteiger partial charge in [0.15, 0.2) is 5.96 Å². The standard InChI is InChI=1S/C14H29N3S/c1-14(2,3)8-6-9-16-13(15-4)17-12-7-5-10-18-11-12/h12H,5-11H2,1-4H3,(H2,15,16,17). The van der Waals surface area contributed by atoms with Crippen molar-refractivity contribution in [3.8, 4) is 0 Å². The van der Waals surface area contributed by atoms with Crippen LogP contribution in [-0.2, 0) is 0 Å². The Hall–Kier alpha value is -0.380. The van der Waals surface area contributed by atoms with E-state index in [0.29, 0.717) is 11.5 Å². The summed E-state index contributed by atoms with van der Waals surface area (Å²) < 4.78 is 0. The van der Waals surface area contributed by atoms with Gasteiger partial charge in [-0.15, -0.1) is 0 Å². The molecule has 0 saturated carbocycles. The second-order valence-electron chi connectivity index (χ2n) is 6.22. The van der Waals surface area contributed by atoms with Crippen molar-refractivity contribution in [1.82, 2.24) is 10.6 Å². The Bertz CT molecular complexity index is 252. The number of thioether (sulfide) groups is 1. The lowest BCUT2D eigenvalue weighted by Crippen LogP contribution is -2.45. The van der Waals surface area contributed by atoms with Crippen LogP contribution in [0.4, 0.5) is 0 Å². The molecule has 0 aromatic heterocycles. The average Bonchev–Trinajstić information content (AvgIpc) is 2.33. The Morgan fingerprint density at radius 3 is 2.72 bits per heavy atom. The van der Waals surface area contributed by atoms with Crippen LogP contribution in [0.25, 0.3) is 0 Å². The van der Waals surface area contributed by atoms with Gasteiger partial charge in [-0.2, -0.15) is 11.8 Å². The van der Waals surface area contributed by atoms with Gasteiger partial charge >= 0.3 is 0 Å². The smallest absolute Gasteiger partial charge is 0.191 e. The average molecular weight is 271 g/mol. The van der Waals surface area contributed by atoms with Crippen molar-refractivity contribution in [2.75, 3.05) is 25.1 Å². The molecule has 18 heavy (non-hydrogen) atoms. The molecule has 1 aliphatic heterocycles. The van der Waals surface area contributed by atoms with Gasteiger partial charge in [0, 0.05) is 25.4 Å². The second-order valence-corrected chi connectivity index (χ2v) is 7.37. The van der Waals surface area contributed by atoms with E-state index in [1.807, 2.05) is 18.8 Å². The van der Waals surface area contributed by atoms with Gasteiger partial charge in [0.25, 0.3) is 0 Å². The second kappa shape index (κ2) is 7.93. The van der Waals surface area contributed by atoms with Crippen LogP contribution in [0.3, 0.4) is 0 Å². The zero-order chi connectivity index (χ0) is 13.4. The molecule has 1 saturated heterocycles. The molecule has 0 radical (unpaired) electrons. The summed E-state index contributed by atoms with van der Waals surface area (Å²) >= 11 is 2.04. The molecule has 0 spiro atoms. The van der Waals surface area contributed by atoms with E-state index in [1.54, 1.807) is 0 Å². The first-order chi connectivity index (χ1) is 8.51. The number of aliphatic imine (C=N–C) groups is 1. The molecular weight excluding hydrogens is 242 g/mol. The molecule has 1 aliphatic rings. The van der Waals surface area contributed by atoms with Crippen molar-refractivity contribution in [2.45, 2.75) is 52.5 Å². The van der Waals surface area contributed by atoms with Crippen LogP contribution in [0.5, 0.6) is 0 Å². The van der Waals surface area contributed by atoms with E-state index in [4.69, 9.17) is 0 Å². The highest BCUT2D eigenvalue weighted by Gasteiger charge is 2.14. The normalized spacial score (nSPS) is 21.8. The van der Waals surface area contributed by atoms with E-state index in [-0.39, 0.29) is 0 Å². The first-order valence-electron chi connectivity index (χ1n) is 7.06. The summed E-state index contributed by atoms with van der Waals surface area (Å²) in [6.45, 7) is 7.88. The first-order valence-corrected chi connectivity index (χ1v) is 8.22. The van der Waals surface area contributed by atoms with Crippen LogP contribution < -0.4 is 10.6 Å². The van der Waals surface area contributed by atoms with Crippen molar-refractivity contribution in [3.63, 3.8) is 0 Å². The fourth-order valence-electron chi connectivity index (χ4n) is 2.07. The lowest BCUT2D eigenvalue weighted by atomic mass is 9.91. The molecule has 0 aliphatic carbocycles. The molecular formula is C14H29N3S. The molecule has 1 rings (SSSR count). The molecule has 0 aromatic carbocycles. The first kappa shape index (κ1) is 15.7. The third-order valence-electron chi connectivity index (χ3n) is 3.12. The van der Waals surface area contributed by atoms with Crippen molar-refractivity contribution in [3.05, 3.63) is 0 Å². The Labute approximate surface area is 117 Å². The summed E-state index contributed by atoms with van der Waals surface area (Å²) in [5, 5.41) is 6.94. The molecule has 1 fully saturated rings. The minimum absolute atomic E-state index is 0.429. The Morgan fingerprint density at radius 2 is 2.17 bits per heavy atom. The lowest BCUT2D eigenvalue weighted by molar-refractivity contribution is 0.365. The molecule has 0 amide bonds. The topological polar surface area (TPSA) is 36.4 Å². The van der Waals surface area contributed by atoms with E-state index in [1.165, 1.54) is 37.2 Å². The van der Waals surface area contributed by atoms with Crippen molar-refractivity contribution < 1.29 is 0 Å². The molecule has 0 aromatic rings. The maximum Gasteiger partial charge on any atom is 0.191 e. The molecule has 0 bridgehead atoms. The minimum atomic E-state index is 0.429. The Morgan fingerprint density at radius 1 is 1.39 bits per heavy atom. The highest BCUT2D eigenvalue weighted by molar-refractivity contribution is 7.99. The van der Waals surface area contributed by atoms with Crippen LogP contribution in [0.2, 0.25) is 0 Å². The zero-order valence-corrected chi connectivity index (χ0v) is 13.2. The number of hydrogen-bond donors (Lipinski definition) is 2. The maximum absolute atomic E-state index is 4.30. The maximum atomic E-state index is 4.30. The summed E-state index contributed by atoms with van der Waals surface area (Å²) in [6, 6.07) is 0.595. The van der Waals surface area contributed by atoms with Gasteiger partial charge in [-0.1, -0.05) is 20.8 Å². The molecule has 3 nitrogen and oxygen atoms in total. The zero-order valence-electron chi connectivity index (χ0n) is 12.4. The molecule has 106 valence electrons. The SMILES string of the molecule is CN=C(NCCCC(C)(C)C)NC1CCCSC1. The van der Waals surface area contributed by atoms with E-state index in [9.17, 15) is 0 Å². The molecule has 4 heteroatoms. The number of guanidine groups is 1. The summed E-state index contributed by atoms with van der Waals surface area (Å²) in [5.74, 6) is 3.50. The summed E-state index contributed by atoms with van der Waals surface area (Å²) in [4.78, 5) is 4.30. The van der Waals surface area contributed by atoms with Crippen molar-refractivity contribution in [1.29, 1.82) is 0 Å². The fourth-order valence-corrected chi connectivity index (χ4v) is 3.14. The van der Waals surface area contributed by atoms with Crippen LogP contribution >= 0.6 is 11.8 Å². The van der Waals surface area contributed by atoms with Gasteiger partial charge in [0.2, 0.25) is 0 Å². The van der Waals surface area contributed by atoms with Gasteiger partial charge < -0.3 is 10.6 Å². The highest BCUT2D eigenvalue weighted by atomic mass is 32.2. The van der Waals surface area contributed by atoms with Gasteiger partial charge in [-0.3, -0.25) is 4.99 Å². The van der Waals surface area contributed by atoms with Crippen molar-refractivity contribution in [2.24, 2.45) is 10.4 Å². The number of hydrogen-bond acceptors (Lipinski definition) is 2. The third kappa shape index (κ3) is 7.14. The highest BCUT2D eigenvalue weighted by Crippen LogP contribution is 2.19. The van der Waals surface area contributed by atoms with Crippen LogP contribution in [0.1, 0.15) is 46.5 Å². The van der Waals surface area contributed by atoms with Gasteiger partial charge in [-0.25, -0.2) is 0 Å². The molecule has 1 heterocycles. The predicted molar refractivity (Wildman–Crippen MR) is 83.5 cm³/mol. The number of nitrogens with one attached hydrogen (secondary N) is 2. The Kier molecular flexibility index (Phi) is 6.90. The minimum Gasteiger partial charge on any atom is -0.356 e. The van der Waals surface area contributed by atoms with Gasteiger partial charge in [0.05, 0.1) is 0 Å². The summed E-state index contributed by atoms with van der Waals surface area (Å²) in [7, 11) is 1.86. The Balaban J connectivity index is 2.17. The quantitative estimate of drug-likeness (QED) is 0.469. The van der Waals surface area contributed by atoms with Crippen molar-refractivity contribution >= 4 is 17.7 Å². The summed E-state index contributed by atoms with van der Waals surface area (Å²) in [6.07, 6.45) is 5.04. The van der Waals surface area contributed by atoms with Gasteiger partial charge in [0.1, 0.15) is 0 Å². The van der Waals surface area contributed by atoms with Crippen LogP contribution in [0, 0.1) is 5.41 Å². The largest absolute Gasteiger partial charge is 0.356 e.